The average Bonchev–Trinajstić information content (AvgIpc) is 2.65. The molecule has 2 aliphatic heterocycles. The first kappa shape index (κ1) is 11.7. The molecule has 0 aromatic heterocycles. The molecule has 2 fully saturated rings. The molecule has 2 saturated heterocycles. The molecule has 0 radical (unpaired) electrons. The lowest BCUT2D eigenvalue weighted by Crippen LogP contribution is -2.47. The maximum atomic E-state index is 10.1. The third kappa shape index (κ3) is 1.92. The summed E-state index contributed by atoms with van der Waals surface area (Å²) in [6, 6.07) is 13.3. The van der Waals surface area contributed by atoms with Crippen molar-refractivity contribution in [1.82, 2.24) is 4.90 Å². The van der Waals surface area contributed by atoms with Crippen LogP contribution in [0.25, 0.3) is 0 Å². The van der Waals surface area contributed by atoms with Crippen LogP contribution in [0.4, 0.5) is 0 Å². The minimum absolute atomic E-state index is 0.0934. The minimum atomic E-state index is -0.261. The molecule has 3 heteroatoms. The fraction of sp³-hybridized carbons (Fsp3) is 0.533. The van der Waals surface area contributed by atoms with Gasteiger partial charge in [0.2, 0.25) is 0 Å². The minimum Gasteiger partial charge on any atom is -0.391 e. The first-order valence-corrected chi connectivity index (χ1v) is 6.67. The largest absolute Gasteiger partial charge is 0.391 e. The number of aliphatic hydroxyl groups is 1. The van der Waals surface area contributed by atoms with Gasteiger partial charge in [-0.05, 0) is 24.8 Å². The number of benzene rings is 1. The first-order valence-electron chi connectivity index (χ1n) is 6.67. The van der Waals surface area contributed by atoms with E-state index in [1.54, 1.807) is 0 Å². The Morgan fingerprint density at radius 1 is 1.22 bits per heavy atom. The van der Waals surface area contributed by atoms with Gasteiger partial charge in [0.1, 0.15) is 0 Å². The molecule has 2 heterocycles. The molecule has 94 valence electrons. The highest BCUT2D eigenvalue weighted by molar-refractivity contribution is 5.17. The van der Waals surface area contributed by atoms with Crippen molar-refractivity contribution >= 4 is 0 Å². The maximum absolute atomic E-state index is 10.1. The molecule has 3 rings (SSSR count). The summed E-state index contributed by atoms with van der Waals surface area (Å²) >= 11 is 0. The van der Waals surface area contributed by atoms with Crippen molar-refractivity contribution in [3.05, 3.63) is 35.9 Å². The lowest BCUT2D eigenvalue weighted by Gasteiger charge is -2.38. The maximum Gasteiger partial charge on any atom is 0.0696 e. The van der Waals surface area contributed by atoms with E-state index < -0.39 is 0 Å². The first-order chi connectivity index (χ1) is 8.79. The van der Waals surface area contributed by atoms with Crippen LogP contribution in [0.1, 0.15) is 24.8 Å². The third-order valence-corrected chi connectivity index (χ3v) is 4.39. The summed E-state index contributed by atoms with van der Waals surface area (Å²) in [6.07, 6.45) is 2.36. The molecule has 1 aromatic carbocycles. The monoisotopic (exact) mass is 242 g/mol. The van der Waals surface area contributed by atoms with Crippen LogP contribution in [0.15, 0.2) is 30.3 Å². The number of aliphatic hydroxyl groups excluding tert-OH is 1. The Balaban J connectivity index is 1.81. The number of piperidine rings is 1. The van der Waals surface area contributed by atoms with Crippen LogP contribution >= 0.6 is 0 Å². The van der Waals surface area contributed by atoms with Gasteiger partial charge in [-0.2, -0.15) is 5.26 Å². The predicted octanol–water partition coefficient (Wildman–Crippen LogP) is 1.92. The molecule has 4 atom stereocenters. The van der Waals surface area contributed by atoms with E-state index in [4.69, 9.17) is 0 Å². The smallest absolute Gasteiger partial charge is 0.0696 e. The number of hydrogen-bond acceptors (Lipinski definition) is 3. The zero-order valence-corrected chi connectivity index (χ0v) is 10.4. The van der Waals surface area contributed by atoms with E-state index in [9.17, 15) is 10.4 Å². The second kappa shape index (κ2) is 4.72. The zero-order valence-electron chi connectivity index (χ0n) is 10.4. The molecule has 0 spiro atoms. The fourth-order valence-corrected chi connectivity index (χ4v) is 3.48. The number of fused-ring (bicyclic) bond motifs is 2. The van der Waals surface area contributed by atoms with Crippen molar-refractivity contribution < 1.29 is 5.11 Å². The van der Waals surface area contributed by atoms with Crippen molar-refractivity contribution in [2.75, 3.05) is 0 Å². The molecule has 0 amide bonds. The summed E-state index contributed by atoms with van der Waals surface area (Å²) in [7, 11) is 0. The van der Waals surface area contributed by atoms with Gasteiger partial charge in [-0.25, -0.2) is 0 Å². The Morgan fingerprint density at radius 2 is 2.00 bits per heavy atom. The van der Waals surface area contributed by atoms with E-state index in [1.165, 1.54) is 5.56 Å². The van der Waals surface area contributed by atoms with E-state index >= 15 is 0 Å². The molecule has 18 heavy (non-hydrogen) atoms. The molecule has 1 N–H and O–H groups in total. The molecule has 3 nitrogen and oxygen atoms in total. The summed E-state index contributed by atoms with van der Waals surface area (Å²) in [5.74, 6) is 0.0934. The Labute approximate surface area is 108 Å². The summed E-state index contributed by atoms with van der Waals surface area (Å²) in [6.45, 7) is 0.853. The van der Waals surface area contributed by atoms with Gasteiger partial charge < -0.3 is 5.11 Å². The normalized spacial score (nSPS) is 35.3. The Morgan fingerprint density at radius 3 is 2.72 bits per heavy atom. The summed E-state index contributed by atoms with van der Waals surface area (Å²) in [5.41, 5.74) is 1.26. The SMILES string of the molecule is N#C[C@@H]1C[C@H]2[C@@H](O)CC[C@H]1N2Cc1ccccc1. The van der Waals surface area contributed by atoms with Crippen molar-refractivity contribution in [2.24, 2.45) is 5.92 Å². The van der Waals surface area contributed by atoms with Gasteiger partial charge in [0.05, 0.1) is 18.1 Å². The predicted molar refractivity (Wildman–Crippen MR) is 68.5 cm³/mol. The van der Waals surface area contributed by atoms with Crippen LogP contribution in [0, 0.1) is 17.2 Å². The summed E-state index contributed by atoms with van der Waals surface area (Å²) in [4.78, 5) is 2.34. The highest BCUT2D eigenvalue weighted by Gasteiger charge is 2.47. The fourth-order valence-electron chi connectivity index (χ4n) is 3.48. The van der Waals surface area contributed by atoms with Gasteiger partial charge in [0.15, 0.2) is 0 Å². The van der Waals surface area contributed by atoms with Crippen LogP contribution in [-0.2, 0) is 6.54 Å². The molecule has 0 unspecified atom stereocenters. The van der Waals surface area contributed by atoms with E-state index in [0.717, 1.165) is 25.8 Å². The third-order valence-electron chi connectivity index (χ3n) is 4.39. The average molecular weight is 242 g/mol. The molecule has 1 aromatic rings. The number of rotatable bonds is 2. The van der Waals surface area contributed by atoms with Gasteiger partial charge in [-0.15, -0.1) is 0 Å². The van der Waals surface area contributed by atoms with Crippen LogP contribution in [0.2, 0.25) is 0 Å². The molecule has 0 aliphatic carbocycles. The van der Waals surface area contributed by atoms with Gasteiger partial charge in [-0.1, -0.05) is 30.3 Å². The molecular weight excluding hydrogens is 224 g/mol. The van der Waals surface area contributed by atoms with Gasteiger partial charge in [0.25, 0.3) is 0 Å². The standard InChI is InChI=1S/C15H18N2O/c16-9-12-8-14-15(18)7-6-13(12)17(14)10-11-4-2-1-3-5-11/h1-5,12-15,18H,6-8,10H2/t12-,13+,14-,15-/m0/s1. The molecular formula is C15H18N2O. The van der Waals surface area contributed by atoms with E-state index in [1.807, 2.05) is 18.2 Å². The zero-order chi connectivity index (χ0) is 12.5. The Bertz CT molecular complexity index is 453. The van der Waals surface area contributed by atoms with Gasteiger partial charge in [-0.3, -0.25) is 4.90 Å². The van der Waals surface area contributed by atoms with Crippen molar-refractivity contribution in [2.45, 2.75) is 44.0 Å². The number of nitriles is 1. The highest BCUT2D eigenvalue weighted by Crippen LogP contribution is 2.40. The van der Waals surface area contributed by atoms with E-state index in [2.05, 4.69) is 23.1 Å². The lowest BCUT2D eigenvalue weighted by molar-refractivity contribution is 0.00817. The quantitative estimate of drug-likeness (QED) is 0.862. The van der Waals surface area contributed by atoms with E-state index in [0.29, 0.717) is 6.04 Å². The van der Waals surface area contributed by atoms with E-state index in [-0.39, 0.29) is 18.1 Å². The lowest BCUT2D eigenvalue weighted by atomic mass is 9.97. The van der Waals surface area contributed by atoms with Crippen LogP contribution in [0.3, 0.4) is 0 Å². The summed E-state index contributed by atoms with van der Waals surface area (Å²) in [5, 5.41) is 19.3. The molecule has 2 bridgehead atoms. The van der Waals surface area contributed by atoms with Crippen LogP contribution < -0.4 is 0 Å². The highest BCUT2D eigenvalue weighted by atomic mass is 16.3. The van der Waals surface area contributed by atoms with Crippen molar-refractivity contribution in [3.8, 4) is 6.07 Å². The number of hydrogen-bond donors (Lipinski definition) is 1. The van der Waals surface area contributed by atoms with Crippen LogP contribution in [0.5, 0.6) is 0 Å². The van der Waals surface area contributed by atoms with Crippen LogP contribution in [-0.4, -0.2) is 28.2 Å². The number of nitrogens with zero attached hydrogens (tertiary/aromatic N) is 2. The summed E-state index contributed by atoms with van der Waals surface area (Å²) < 4.78 is 0. The molecule has 0 saturated carbocycles. The van der Waals surface area contributed by atoms with Gasteiger partial charge in [0, 0.05) is 18.6 Å². The van der Waals surface area contributed by atoms with Crippen molar-refractivity contribution in [1.29, 1.82) is 5.26 Å². The Hall–Kier alpha value is -1.37. The van der Waals surface area contributed by atoms with Crippen molar-refractivity contribution in [3.63, 3.8) is 0 Å². The molecule has 2 aliphatic rings. The van der Waals surface area contributed by atoms with Gasteiger partial charge >= 0.3 is 0 Å². The topological polar surface area (TPSA) is 47.3 Å². The second-order valence-electron chi connectivity index (χ2n) is 5.41. The Kier molecular flexibility index (Phi) is 3.07. The second-order valence-corrected chi connectivity index (χ2v) is 5.41.